The molecule has 1 heterocycles. The Balaban J connectivity index is 1.96. The Morgan fingerprint density at radius 2 is 1.70 bits per heavy atom. The number of imide groups is 1. The SMILES string of the molecule is Nc1ccc2c(c1)C(=O)N(Cc1ccccc1F)C2=O. The first-order valence-electron chi connectivity index (χ1n) is 6.07. The average Bonchev–Trinajstić information content (AvgIpc) is 2.66. The van der Waals surface area contributed by atoms with Crippen molar-refractivity contribution in [2.45, 2.75) is 6.54 Å². The maximum Gasteiger partial charge on any atom is 0.261 e. The lowest BCUT2D eigenvalue weighted by atomic mass is 10.1. The summed E-state index contributed by atoms with van der Waals surface area (Å²) in [5.41, 5.74) is 6.91. The topological polar surface area (TPSA) is 63.4 Å². The summed E-state index contributed by atoms with van der Waals surface area (Å²) in [7, 11) is 0. The molecule has 4 nitrogen and oxygen atoms in total. The van der Waals surface area contributed by atoms with Crippen molar-refractivity contribution in [3.63, 3.8) is 0 Å². The zero-order valence-electron chi connectivity index (χ0n) is 10.5. The zero-order valence-corrected chi connectivity index (χ0v) is 10.5. The van der Waals surface area contributed by atoms with Crippen molar-refractivity contribution in [1.82, 2.24) is 4.90 Å². The number of nitrogens with two attached hydrogens (primary N) is 1. The summed E-state index contributed by atoms with van der Waals surface area (Å²) in [5, 5.41) is 0. The van der Waals surface area contributed by atoms with E-state index in [4.69, 9.17) is 5.73 Å². The van der Waals surface area contributed by atoms with Gasteiger partial charge in [0.25, 0.3) is 11.8 Å². The molecule has 0 aromatic heterocycles. The van der Waals surface area contributed by atoms with E-state index in [0.717, 1.165) is 4.90 Å². The molecule has 2 amide bonds. The van der Waals surface area contributed by atoms with Crippen LogP contribution in [0, 0.1) is 5.82 Å². The summed E-state index contributed by atoms with van der Waals surface area (Å²) in [5.74, 6) is -1.31. The number of fused-ring (bicyclic) bond motifs is 1. The summed E-state index contributed by atoms with van der Waals surface area (Å²) in [4.78, 5) is 25.4. The minimum atomic E-state index is -0.444. The highest BCUT2D eigenvalue weighted by Gasteiger charge is 2.35. The summed E-state index contributed by atoms with van der Waals surface area (Å²) < 4.78 is 13.6. The fourth-order valence-electron chi connectivity index (χ4n) is 2.25. The van der Waals surface area contributed by atoms with Gasteiger partial charge in [-0.2, -0.15) is 0 Å². The van der Waals surface area contributed by atoms with Crippen molar-refractivity contribution < 1.29 is 14.0 Å². The summed E-state index contributed by atoms with van der Waals surface area (Å²) in [6.07, 6.45) is 0. The number of carbonyl (C=O) groups excluding carboxylic acids is 2. The molecule has 1 aliphatic rings. The molecule has 0 fully saturated rings. The van der Waals surface area contributed by atoms with E-state index in [1.165, 1.54) is 18.2 Å². The fraction of sp³-hybridized carbons (Fsp3) is 0.0667. The molecule has 0 saturated heterocycles. The van der Waals surface area contributed by atoms with E-state index in [-0.39, 0.29) is 12.1 Å². The molecular formula is C15H11FN2O2. The molecule has 0 atom stereocenters. The number of halogens is 1. The monoisotopic (exact) mass is 270 g/mol. The number of anilines is 1. The van der Waals surface area contributed by atoms with Crippen LogP contribution in [0.4, 0.5) is 10.1 Å². The van der Waals surface area contributed by atoms with Crippen molar-refractivity contribution in [1.29, 1.82) is 0 Å². The van der Waals surface area contributed by atoms with Gasteiger partial charge in [0, 0.05) is 11.3 Å². The van der Waals surface area contributed by atoms with Crippen LogP contribution >= 0.6 is 0 Å². The van der Waals surface area contributed by atoms with E-state index >= 15 is 0 Å². The van der Waals surface area contributed by atoms with Gasteiger partial charge in [-0.25, -0.2) is 4.39 Å². The van der Waals surface area contributed by atoms with Gasteiger partial charge < -0.3 is 5.73 Å². The third kappa shape index (κ3) is 1.84. The Hall–Kier alpha value is -2.69. The first-order chi connectivity index (χ1) is 9.58. The number of benzene rings is 2. The molecule has 5 heteroatoms. The Kier molecular flexibility index (Phi) is 2.75. The molecule has 20 heavy (non-hydrogen) atoms. The summed E-state index contributed by atoms with van der Waals surface area (Å²) >= 11 is 0. The molecule has 0 saturated carbocycles. The molecule has 2 N–H and O–H groups in total. The van der Waals surface area contributed by atoms with Crippen molar-refractivity contribution in [3.05, 3.63) is 65.0 Å². The molecule has 3 rings (SSSR count). The van der Waals surface area contributed by atoms with E-state index in [9.17, 15) is 14.0 Å². The number of hydrogen-bond donors (Lipinski definition) is 1. The smallest absolute Gasteiger partial charge is 0.261 e. The largest absolute Gasteiger partial charge is 0.399 e. The number of carbonyl (C=O) groups is 2. The predicted octanol–water partition coefficient (Wildman–Crippen LogP) is 2.20. The highest BCUT2D eigenvalue weighted by atomic mass is 19.1. The minimum Gasteiger partial charge on any atom is -0.399 e. The zero-order chi connectivity index (χ0) is 14.3. The molecule has 0 radical (unpaired) electrons. The second-order valence-corrected chi connectivity index (χ2v) is 4.59. The van der Waals surface area contributed by atoms with Gasteiger partial charge in [-0.1, -0.05) is 18.2 Å². The van der Waals surface area contributed by atoms with Crippen molar-refractivity contribution in [2.24, 2.45) is 0 Å². The highest BCUT2D eigenvalue weighted by Crippen LogP contribution is 2.26. The van der Waals surface area contributed by atoms with E-state index in [2.05, 4.69) is 0 Å². The van der Waals surface area contributed by atoms with Gasteiger partial charge >= 0.3 is 0 Å². The lowest BCUT2D eigenvalue weighted by Crippen LogP contribution is -2.29. The molecule has 100 valence electrons. The second kappa shape index (κ2) is 4.45. The summed E-state index contributed by atoms with van der Waals surface area (Å²) in [6, 6.07) is 10.6. The maximum atomic E-state index is 13.6. The Labute approximate surface area is 114 Å². The second-order valence-electron chi connectivity index (χ2n) is 4.59. The number of nitrogens with zero attached hydrogens (tertiary/aromatic N) is 1. The van der Waals surface area contributed by atoms with Crippen molar-refractivity contribution in [3.8, 4) is 0 Å². The quantitative estimate of drug-likeness (QED) is 0.672. The van der Waals surface area contributed by atoms with E-state index in [1.54, 1.807) is 24.3 Å². The van der Waals surface area contributed by atoms with Crippen LogP contribution in [-0.2, 0) is 6.54 Å². The third-order valence-corrected chi connectivity index (χ3v) is 3.28. The molecule has 2 aromatic carbocycles. The molecule has 0 spiro atoms. The Morgan fingerprint density at radius 1 is 1.00 bits per heavy atom. The van der Waals surface area contributed by atoms with Gasteiger partial charge in [-0.3, -0.25) is 14.5 Å². The third-order valence-electron chi connectivity index (χ3n) is 3.28. The highest BCUT2D eigenvalue weighted by molar-refractivity contribution is 6.21. The van der Waals surface area contributed by atoms with Crippen molar-refractivity contribution >= 4 is 17.5 Å². The van der Waals surface area contributed by atoms with Gasteiger partial charge in [-0.05, 0) is 24.3 Å². The van der Waals surface area contributed by atoms with Gasteiger partial charge in [0.1, 0.15) is 5.82 Å². The number of amides is 2. The van der Waals surface area contributed by atoms with Crippen LogP contribution < -0.4 is 5.73 Å². The summed E-state index contributed by atoms with van der Waals surface area (Å²) in [6.45, 7) is -0.0844. The minimum absolute atomic E-state index is 0.0844. The van der Waals surface area contributed by atoms with Crippen LogP contribution in [0.15, 0.2) is 42.5 Å². The molecule has 0 aliphatic carbocycles. The molecule has 1 aliphatic heterocycles. The van der Waals surface area contributed by atoms with Crippen molar-refractivity contribution in [2.75, 3.05) is 5.73 Å². The lowest BCUT2D eigenvalue weighted by molar-refractivity contribution is 0.0641. The number of rotatable bonds is 2. The van der Waals surface area contributed by atoms with E-state index in [0.29, 0.717) is 16.8 Å². The fourth-order valence-corrected chi connectivity index (χ4v) is 2.25. The van der Waals surface area contributed by atoms with Crippen LogP contribution in [-0.4, -0.2) is 16.7 Å². The van der Waals surface area contributed by atoms with Crippen LogP contribution in [0.5, 0.6) is 0 Å². The first-order valence-corrected chi connectivity index (χ1v) is 6.07. The number of nitrogen functional groups attached to an aromatic ring is 1. The maximum absolute atomic E-state index is 13.6. The number of hydrogen-bond acceptors (Lipinski definition) is 3. The van der Waals surface area contributed by atoms with E-state index in [1.807, 2.05) is 0 Å². The average molecular weight is 270 g/mol. The van der Waals surface area contributed by atoms with Crippen LogP contribution in [0.2, 0.25) is 0 Å². The van der Waals surface area contributed by atoms with Crippen LogP contribution in [0.25, 0.3) is 0 Å². The lowest BCUT2D eigenvalue weighted by Gasteiger charge is -2.14. The van der Waals surface area contributed by atoms with Gasteiger partial charge in [0.05, 0.1) is 17.7 Å². The standard InChI is InChI=1S/C15H11FN2O2/c16-13-4-2-1-3-9(13)8-18-14(19)11-6-5-10(17)7-12(11)15(18)20/h1-7H,8,17H2. The predicted molar refractivity (Wildman–Crippen MR) is 71.5 cm³/mol. The normalized spacial score (nSPS) is 13.8. The van der Waals surface area contributed by atoms with Gasteiger partial charge in [0.15, 0.2) is 0 Å². The first kappa shape index (κ1) is 12.3. The van der Waals surface area contributed by atoms with E-state index < -0.39 is 17.6 Å². The molecular weight excluding hydrogens is 259 g/mol. The van der Waals surface area contributed by atoms with Crippen LogP contribution in [0.1, 0.15) is 26.3 Å². The van der Waals surface area contributed by atoms with Crippen LogP contribution in [0.3, 0.4) is 0 Å². The van der Waals surface area contributed by atoms with Gasteiger partial charge in [-0.15, -0.1) is 0 Å². The molecule has 0 bridgehead atoms. The Bertz CT molecular complexity index is 728. The molecule has 0 unspecified atom stereocenters. The molecule has 2 aromatic rings. The Morgan fingerprint density at radius 3 is 2.45 bits per heavy atom. The van der Waals surface area contributed by atoms with Gasteiger partial charge in [0.2, 0.25) is 0 Å².